The second-order valence-corrected chi connectivity index (χ2v) is 37.8. The van der Waals surface area contributed by atoms with Gasteiger partial charge in [-0.2, -0.15) is 0 Å². The van der Waals surface area contributed by atoms with Crippen LogP contribution in [0.5, 0.6) is 0 Å². The van der Waals surface area contributed by atoms with Crippen LogP contribution in [-0.2, 0) is 0 Å². The van der Waals surface area contributed by atoms with Crippen molar-refractivity contribution in [2.24, 2.45) is 54.1 Å². The third-order valence-corrected chi connectivity index (χ3v) is 23.3. The summed E-state index contributed by atoms with van der Waals surface area (Å²) in [5.41, 5.74) is 26.7. The maximum absolute atomic E-state index is 9.51. The molecule has 6 aromatic carbocycles. The van der Waals surface area contributed by atoms with Crippen LogP contribution in [-0.4, -0.2) is 0 Å². The molecule has 0 atom stereocenters. The SMILES string of the molecule is Cc1ccc(-c2ccc(C)c(C)c2)c(C)c1.Cc1ccc(C2C(C)(C)CC(C)(C)CC2(C)C)cc1C.Cc1ccc(C2C(C)(C)CCCC2(C)C)cc1C.[2H]C1(c2ccc(C)c(C)c2)C(C)(C)CC(C)(C)CC1(C)C.[2H]C1(c2ccc(C)c(C)c2)C(C)(C)CCCC1(C)C. The first-order chi connectivity index (χ1) is 42.7. The van der Waals surface area contributed by atoms with Gasteiger partial charge in [0.1, 0.15) is 0 Å². The lowest BCUT2D eigenvalue weighted by Gasteiger charge is -2.56. The van der Waals surface area contributed by atoms with E-state index in [0.717, 1.165) is 25.7 Å². The first-order valence-electron chi connectivity index (χ1n) is 37.2. The third kappa shape index (κ3) is 18.5. The fraction of sp³-hybridized carbons (Fsp3) is 0.609. The lowest BCUT2D eigenvalue weighted by molar-refractivity contribution is -0.0100. The zero-order valence-corrected chi connectivity index (χ0v) is 65.6. The van der Waals surface area contributed by atoms with Gasteiger partial charge in [-0.25, -0.2) is 0 Å². The molecule has 4 aliphatic rings. The summed E-state index contributed by atoms with van der Waals surface area (Å²) in [7, 11) is 0. The summed E-state index contributed by atoms with van der Waals surface area (Å²) in [6.45, 7) is 73.7. The van der Waals surface area contributed by atoms with Gasteiger partial charge in [0.05, 0.1) is 0 Å². The normalized spacial score (nSPS) is 22.5. The van der Waals surface area contributed by atoms with Crippen LogP contribution in [0.2, 0.25) is 0 Å². The molecule has 0 aliphatic heterocycles. The Morgan fingerprint density at radius 2 is 0.543 bits per heavy atom. The second-order valence-electron chi connectivity index (χ2n) is 37.8. The Labute approximate surface area is 572 Å². The molecule has 0 N–H and O–H groups in total. The number of aryl methyl sites for hydroxylation is 12. The van der Waals surface area contributed by atoms with Gasteiger partial charge in [-0.05, 0) is 307 Å². The molecule has 4 fully saturated rings. The maximum Gasteiger partial charge on any atom is 0.0363 e. The topological polar surface area (TPSA) is 0 Å². The number of benzene rings is 6. The van der Waals surface area contributed by atoms with E-state index in [0.29, 0.717) is 44.3 Å². The highest BCUT2D eigenvalue weighted by Crippen LogP contribution is 2.64. The van der Waals surface area contributed by atoms with E-state index in [1.165, 1.54) is 128 Å². The van der Waals surface area contributed by atoms with Crippen molar-refractivity contribution in [2.45, 2.75) is 309 Å². The molecule has 0 unspecified atom stereocenters. The average Bonchev–Trinajstić information content (AvgIpc) is 0.723. The fourth-order valence-corrected chi connectivity index (χ4v) is 20.9. The maximum atomic E-state index is 9.51. The van der Waals surface area contributed by atoms with Crippen molar-refractivity contribution >= 4 is 0 Å². The van der Waals surface area contributed by atoms with E-state index in [9.17, 15) is 2.74 Å². The molecular weight excluding hydrogens is 1110 g/mol. The van der Waals surface area contributed by atoms with Gasteiger partial charge in [-0.15, -0.1) is 0 Å². The highest BCUT2D eigenvalue weighted by molar-refractivity contribution is 5.68. The van der Waals surface area contributed by atoms with Gasteiger partial charge in [0.25, 0.3) is 0 Å². The van der Waals surface area contributed by atoms with Crippen molar-refractivity contribution < 1.29 is 2.74 Å². The minimum absolute atomic E-state index is 0.0243. The fourth-order valence-electron chi connectivity index (χ4n) is 20.9. The van der Waals surface area contributed by atoms with Crippen LogP contribution in [0.3, 0.4) is 0 Å². The quantitative estimate of drug-likeness (QED) is 0.161. The Morgan fingerprint density at radius 3 is 0.880 bits per heavy atom. The Bertz CT molecular complexity index is 3520. The molecule has 10 rings (SSSR count). The molecule has 6 aromatic rings. The molecule has 0 aromatic heterocycles. The predicted molar refractivity (Wildman–Crippen MR) is 409 cm³/mol. The summed E-state index contributed by atoms with van der Waals surface area (Å²) in [5, 5.41) is 0. The van der Waals surface area contributed by atoms with Crippen LogP contribution in [0, 0.1) is 137 Å². The highest BCUT2D eigenvalue weighted by atomic mass is 14.6. The average molecular weight is 1250 g/mol. The zero-order chi connectivity index (χ0) is 71.3. The van der Waals surface area contributed by atoms with Gasteiger partial charge in [0.2, 0.25) is 0 Å². The summed E-state index contributed by atoms with van der Waals surface area (Å²) in [6, 6.07) is 40.8. The van der Waals surface area contributed by atoms with Crippen molar-refractivity contribution in [2.75, 3.05) is 0 Å². The Morgan fingerprint density at radius 1 is 0.261 bits per heavy atom. The van der Waals surface area contributed by atoms with Crippen LogP contribution >= 0.6 is 0 Å². The van der Waals surface area contributed by atoms with E-state index in [-0.39, 0.29) is 21.7 Å². The smallest absolute Gasteiger partial charge is 0.0363 e. The van der Waals surface area contributed by atoms with Gasteiger partial charge in [0.15, 0.2) is 0 Å². The Hall–Kier alpha value is -4.68. The third-order valence-electron chi connectivity index (χ3n) is 23.3. The molecule has 0 saturated heterocycles. The van der Waals surface area contributed by atoms with Crippen LogP contribution in [0.4, 0.5) is 0 Å². The summed E-state index contributed by atoms with van der Waals surface area (Å²) < 4.78 is 18.8. The van der Waals surface area contributed by atoms with Gasteiger partial charge in [-0.1, -0.05) is 266 Å². The van der Waals surface area contributed by atoms with Crippen molar-refractivity contribution in [3.8, 4) is 11.1 Å². The van der Waals surface area contributed by atoms with Crippen LogP contribution < -0.4 is 0 Å². The highest BCUT2D eigenvalue weighted by Gasteiger charge is 2.52. The molecule has 92 heavy (non-hydrogen) atoms. The van der Waals surface area contributed by atoms with E-state index >= 15 is 0 Å². The summed E-state index contributed by atoms with van der Waals surface area (Å²) in [6.07, 6.45) is 12.4. The molecule has 0 bridgehead atoms. The molecule has 4 saturated carbocycles. The monoisotopic (exact) mass is 1250 g/mol. The minimum atomic E-state index is -0.548. The van der Waals surface area contributed by atoms with Crippen molar-refractivity contribution in [1.82, 2.24) is 0 Å². The van der Waals surface area contributed by atoms with E-state index in [1.54, 1.807) is 11.1 Å². The molecule has 0 heterocycles. The molecular formula is C92H138. The summed E-state index contributed by atoms with van der Waals surface area (Å²) in [5.74, 6) is 0.269. The lowest BCUT2D eigenvalue weighted by Crippen LogP contribution is -2.45. The van der Waals surface area contributed by atoms with Gasteiger partial charge >= 0.3 is 0 Å². The van der Waals surface area contributed by atoms with Gasteiger partial charge < -0.3 is 0 Å². The molecule has 506 valence electrons. The molecule has 0 amide bonds. The van der Waals surface area contributed by atoms with Crippen molar-refractivity contribution in [3.63, 3.8) is 0 Å². The Balaban J connectivity index is 0.000000187. The number of rotatable bonds is 5. The largest absolute Gasteiger partial charge is 0.0599 e. The zero-order valence-electron chi connectivity index (χ0n) is 67.6. The molecule has 0 radical (unpaired) electrons. The molecule has 4 aliphatic carbocycles. The summed E-state index contributed by atoms with van der Waals surface area (Å²) >= 11 is 0. The van der Waals surface area contributed by atoms with E-state index < -0.39 is 11.8 Å². The standard InChI is InChI=1S/2C20H32.2C18H28.C16H18/c2*1-14-9-10-16(11-15(14)2)17-19(5,6)12-18(3,4)13-20(17,7)8;2*1-13-8-9-15(12-14(13)2)16-17(3,4)10-7-11-18(16,5)6;1-11-5-8-16(14(4)9-11)15-7-6-12(2)13(3)10-15/h2*9-11,17H,12-13H2,1-8H3;2*8-9,12,16H,7,10-11H2,1-6H3;5-10H,1-4H3/i17D;;16D;;. The molecule has 0 nitrogen and oxygen atoms in total. The van der Waals surface area contributed by atoms with Crippen LogP contribution in [0.1, 0.15) is 318 Å². The predicted octanol–water partition coefficient (Wildman–Crippen LogP) is 28.4. The van der Waals surface area contributed by atoms with Gasteiger partial charge in [0, 0.05) is 2.74 Å². The molecule has 0 spiro atoms. The first kappa shape index (κ1) is 73.1. The van der Waals surface area contributed by atoms with E-state index in [1.807, 2.05) is 0 Å². The second kappa shape index (κ2) is 28.2. The van der Waals surface area contributed by atoms with Gasteiger partial charge in [-0.3, -0.25) is 0 Å². The van der Waals surface area contributed by atoms with E-state index in [2.05, 4.69) is 331 Å². The summed E-state index contributed by atoms with van der Waals surface area (Å²) in [4.78, 5) is 0. The van der Waals surface area contributed by atoms with Crippen molar-refractivity contribution in [1.29, 1.82) is 0 Å². The number of hydrogen-bond donors (Lipinski definition) is 0. The number of hydrogen-bond acceptors (Lipinski definition) is 0. The molecule has 0 heteroatoms. The van der Waals surface area contributed by atoms with Crippen LogP contribution in [0.25, 0.3) is 11.1 Å². The van der Waals surface area contributed by atoms with E-state index in [4.69, 9.17) is 0 Å². The Kier molecular flexibility index (Phi) is 22.4. The lowest BCUT2D eigenvalue weighted by atomic mass is 9.49. The van der Waals surface area contributed by atoms with Crippen LogP contribution in [0.15, 0.2) is 109 Å². The minimum Gasteiger partial charge on any atom is -0.0599 e. The first-order valence-corrected chi connectivity index (χ1v) is 36.2. The van der Waals surface area contributed by atoms with Crippen molar-refractivity contribution in [3.05, 3.63) is 198 Å².